The van der Waals surface area contributed by atoms with E-state index < -0.39 is 12.0 Å². The third-order valence-corrected chi connectivity index (χ3v) is 3.39. The zero-order chi connectivity index (χ0) is 11.0. The Morgan fingerprint density at radius 2 is 2.40 bits per heavy atom. The normalized spacial score (nSPS) is 36.1. The van der Waals surface area contributed by atoms with Crippen molar-refractivity contribution >= 4 is 11.9 Å². The number of hydrogen-bond donors (Lipinski definition) is 2. The maximum Gasteiger partial charge on any atom is 0.330 e. The molecule has 5 nitrogen and oxygen atoms in total. The fourth-order valence-corrected chi connectivity index (χ4v) is 2.70. The summed E-state index contributed by atoms with van der Waals surface area (Å²) in [6.07, 6.45) is 2.84. The van der Waals surface area contributed by atoms with Crippen LogP contribution in [0.4, 0.5) is 0 Å². The maximum atomic E-state index is 11.6. The van der Waals surface area contributed by atoms with Gasteiger partial charge in [-0.1, -0.05) is 6.92 Å². The maximum absolute atomic E-state index is 11.6. The van der Waals surface area contributed by atoms with Gasteiger partial charge in [0, 0.05) is 12.1 Å². The lowest BCUT2D eigenvalue weighted by Crippen LogP contribution is -2.65. The minimum Gasteiger partial charge on any atom is -0.480 e. The number of fused-ring (bicyclic) bond motifs is 1. The summed E-state index contributed by atoms with van der Waals surface area (Å²) in [6, 6.07) is -0.635. The predicted octanol–water partition coefficient (Wildman–Crippen LogP) is -0.188. The molecule has 0 aromatic rings. The largest absolute Gasteiger partial charge is 0.480 e. The molecule has 0 aliphatic carbocycles. The molecule has 0 aromatic carbocycles. The average Bonchev–Trinajstić information content (AvgIpc) is 2.63. The SMILES string of the molecule is CCC1NC(=O)C(C(=O)O)N2CCC[C@H]12. The van der Waals surface area contributed by atoms with Gasteiger partial charge >= 0.3 is 5.97 Å². The number of piperazine rings is 1. The van der Waals surface area contributed by atoms with E-state index in [4.69, 9.17) is 5.11 Å². The third-order valence-electron chi connectivity index (χ3n) is 3.39. The highest BCUT2D eigenvalue weighted by Crippen LogP contribution is 2.27. The van der Waals surface area contributed by atoms with Crippen LogP contribution in [0.3, 0.4) is 0 Å². The van der Waals surface area contributed by atoms with Gasteiger partial charge in [0.2, 0.25) is 5.91 Å². The van der Waals surface area contributed by atoms with Gasteiger partial charge in [-0.3, -0.25) is 9.69 Å². The van der Waals surface area contributed by atoms with E-state index in [2.05, 4.69) is 5.32 Å². The third kappa shape index (κ3) is 1.61. The Balaban J connectivity index is 2.23. The van der Waals surface area contributed by atoms with Gasteiger partial charge in [-0.25, -0.2) is 4.79 Å². The van der Waals surface area contributed by atoms with Crippen molar-refractivity contribution in [1.29, 1.82) is 0 Å². The summed E-state index contributed by atoms with van der Waals surface area (Å²) in [5, 5.41) is 11.8. The molecule has 2 saturated heterocycles. The Labute approximate surface area is 88.4 Å². The van der Waals surface area contributed by atoms with Crippen LogP contribution < -0.4 is 5.32 Å². The summed E-state index contributed by atoms with van der Waals surface area (Å²) in [5.74, 6) is -1.39. The van der Waals surface area contributed by atoms with Gasteiger partial charge < -0.3 is 10.4 Å². The van der Waals surface area contributed by atoms with Gasteiger partial charge in [-0.15, -0.1) is 0 Å². The number of hydrogen-bond acceptors (Lipinski definition) is 3. The molecular formula is C10H16N2O3. The lowest BCUT2D eigenvalue weighted by molar-refractivity contribution is -0.152. The van der Waals surface area contributed by atoms with Crippen LogP contribution in [0.1, 0.15) is 26.2 Å². The highest BCUT2D eigenvalue weighted by Gasteiger charge is 2.46. The van der Waals surface area contributed by atoms with Crippen LogP contribution in [0, 0.1) is 0 Å². The minimum absolute atomic E-state index is 0.121. The second kappa shape index (κ2) is 3.81. The van der Waals surface area contributed by atoms with E-state index in [9.17, 15) is 9.59 Å². The number of amides is 1. The summed E-state index contributed by atoms with van der Waals surface area (Å²) in [4.78, 5) is 24.5. The molecular weight excluding hydrogens is 196 g/mol. The molecule has 0 saturated carbocycles. The van der Waals surface area contributed by atoms with Gasteiger partial charge in [0.05, 0.1) is 0 Å². The summed E-state index contributed by atoms with van der Waals surface area (Å²) in [6.45, 7) is 2.74. The van der Waals surface area contributed by atoms with Crippen LogP contribution in [-0.4, -0.2) is 46.6 Å². The van der Waals surface area contributed by atoms with Crippen LogP contribution in [0.15, 0.2) is 0 Å². The number of rotatable bonds is 2. The Hall–Kier alpha value is -1.10. The molecule has 2 rings (SSSR count). The van der Waals surface area contributed by atoms with Crippen molar-refractivity contribution in [3.05, 3.63) is 0 Å². The van der Waals surface area contributed by atoms with E-state index in [1.54, 1.807) is 0 Å². The minimum atomic E-state index is -1.03. The van der Waals surface area contributed by atoms with Crippen molar-refractivity contribution in [2.75, 3.05) is 6.54 Å². The van der Waals surface area contributed by atoms with Gasteiger partial charge in [-0.05, 0) is 25.8 Å². The first-order valence-electron chi connectivity index (χ1n) is 5.44. The summed E-state index contributed by atoms with van der Waals surface area (Å²) in [5.41, 5.74) is 0. The highest BCUT2D eigenvalue weighted by molar-refractivity contribution is 6.02. The fraction of sp³-hybridized carbons (Fsp3) is 0.800. The first-order valence-corrected chi connectivity index (χ1v) is 5.44. The number of aliphatic carboxylic acids is 1. The van der Waals surface area contributed by atoms with Crippen LogP contribution in [0.25, 0.3) is 0 Å². The first kappa shape index (κ1) is 10.4. The van der Waals surface area contributed by atoms with Crippen molar-refractivity contribution in [2.24, 2.45) is 0 Å². The smallest absolute Gasteiger partial charge is 0.330 e. The number of carboxylic acid groups (broad SMARTS) is 1. The summed E-state index contributed by atoms with van der Waals surface area (Å²) < 4.78 is 0. The Morgan fingerprint density at radius 1 is 1.67 bits per heavy atom. The molecule has 0 bridgehead atoms. The highest BCUT2D eigenvalue weighted by atomic mass is 16.4. The molecule has 84 valence electrons. The second-order valence-corrected chi connectivity index (χ2v) is 4.21. The standard InChI is InChI=1S/C10H16N2O3/c1-2-6-7-4-3-5-12(7)8(10(14)15)9(13)11-6/h6-8H,2-5H2,1H3,(H,11,13)(H,14,15)/t6?,7-,8?/m1/s1. The van der Waals surface area contributed by atoms with Gasteiger partial charge in [0.25, 0.3) is 0 Å². The summed E-state index contributed by atoms with van der Waals surface area (Å²) >= 11 is 0. The van der Waals surface area contributed by atoms with Gasteiger partial charge in [0.1, 0.15) is 0 Å². The Kier molecular flexibility index (Phi) is 2.65. The van der Waals surface area contributed by atoms with E-state index in [0.717, 1.165) is 25.8 Å². The molecule has 2 fully saturated rings. The topological polar surface area (TPSA) is 69.6 Å². The van der Waals surface area contributed by atoms with E-state index in [1.165, 1.54) is 0 Å². The molecule has 0 spiro atoms. The van der Waals surface area contributed by atoms with Crippen molar-refractivity contribution < 1.29 is 14.7 Å². The van der Waals surface area contributed by atoms with E-state index in [-0.39, 0.29) is 18.0 Å². The second-order valence-electron chi connectivity index (χ2n) is 4.21. The van der Waals surface area contributed by atoms with Crippen molar-refractivity contribution in [1.82, 2.24) is 10.2 Å². The van der Waals surface area contributed by atoms with Crippen molar-refractivity contribution in [3.8, 4) is 0 Å². The van der Waals surface area contributed by atoms with Gasteiger partial charge in [-0.2, -0.15) is 0 Å². The van der Waals surface area contributed by atoms with Crippen LogP contribution >= 0.6 is 0 Å². The molecule has 2 aliphatic heterocycles. The van der Waals surface area contributed by atoms with Crippen molar-refractivity contribution in [3.63, 3.8) is 0 Å². The molecule has 3 atom stereocenters. The number of nitrogens with one attached hydrogen (secondary N) is 1. The number of carbonyl (C=O) groups excluding carboxylic acids is 1. The lowest BCUT2D eigenvalue weighted by atomic mass is 9.98. The van der Waals surface area contributed by atoms with Crippen LogP contribution in [0.2, 0.25) is 0 Å². The molecule has 1 amide bonds. The average molecular weight is 212 g/mol. The van der Waals surface area contributed by atoms with E-state index in [0.29, 0.717) is 0 Å². The lowest BCUT2D eigenvalue weighted by Gasteiger charge is -2.40. The number of nitrogens with zero attached hydrogens (tertiary/aromatic N) is 1. The van der Waals surface area contributed by atoms with E-state index in [1.807, 2.05) is 11.8 Å². The quantitative estimate of drug-likeness (QED) is 0.623. The molecule has 15 heavy (non-hydrogen) atoms. The zero-order valence-electron chi connectivity index (χ0n) is 8.77. The molecule has 2 heterocycles. The van der Waals surface area contributed by atoms with Crippen LogP contribution in [-0.2, 0) is 9.59 Å². The van der Waals surface area contributed by atoms with Crippen molar-refractivity contribution in [2.45, 2.75) is 44.3 Å². The first-order chi connectivity index (χ1) is 7.15. The molecule has 2 N–H and O–H groups in total. The number of carboxylic acids is 1. The molecule has 0 radical (unpaired) electrons. The van der Waals surface area contributed by atoms with E-state index >= 15 is 0 Å². The molecule has 5 heteroatoms. The van der Waals surface area contributed by atoms with Crippen LogP contribution in [0.5, 0.6) is 0 Å². The number of carbonyl (C=O) groups is 2. The Bertz CT molecular complexity index is 292. The predicted molar refractivity (Wildman–Crippen MR) is 53.4 cm³/mol. The fourth-order valence-electron chi connectivity index (χ4n) is 2.70. The molecule has 0 aromatic heterocycles. The molecule has 2 unspecified atom stereocenters. The molecule has 2 aliphatic rings. The van der Waals surface area contributed by atoms with Gasteiger partial charge in [0.15, 0.2) is 6.04 Å². The zero-order valence-corrected chi connectivity index (χ0v) is 8.77. The monoisotopic (exact) mass is 212 g/mol. The Morgan fingerprint density at radius 3 is 3.00 bits per heavy atom. The summed E-state index contributed by atoms with van der Waals surface area (Å²) in [7, 11) is 0.